The molecule has 0 aliphatic rings. The minimum atomic E-state index is 0.367. The lowest BCUT2D eigenvalue weighted by molar-refractivity contribution is 0.478. The number of nitrogens with zero attached hydrogens (tertiary/aromatic N) is 5. The molecule has 4 aromatic rings. The van der Waals surface area contributed by atoms with Crippen molar-refractivity contribution in [2.45, 2.75) is 20.3 Å². The van der Waals surface area contributed by atoms with Gasteiger partial charge < -0.3 is 15.8 Å². The van der Waals surface area contributed by atoms with E-state index in [1.807, 2.05) is 19.1 Å². The molecule has 4 rings (SSSR count). The molecule has 3 N–H and O–H groups in total. The number of benzene rings is 1. The second kappa shape index (κ2) is 8.46. The Hall–Kier alpha value is -3.52. The smallest absolute Gasteiger partial charge is 0.183 e. The molecule has 0 saturated heterocycles. The van der Waals surface area contributed by atoms with Crippen LogP contribution in [0.5, 0.6) is 11.5 Å². The van der Waals surface area contributed by atoms with Gasteiger partial charge in [0, 0.05) is 25.1 Å². The van der Waals surface area contributed by atoms with Crippen molar-refractivity contribution < 1.29 is 4.74 Å². The van der Waals surface area contributed by atoms with Crippen LogP contribution in [0.4, 0.5) is 11.5 Å². The number of nitrogens with one attached hydrogen (secondary N) is 1. The van der Waals surface area contributed by atoms with Crippen LogP contribution >= 0.6 is 11.6 Å². The lowest BCUT2D eigenvalue weighted by Gasteiger charge is -2.16. The first-order chi connectivity index (χ1) is 14.5. The van der Waals surface area contributed by atoms with Crippen LogP contribution in [-0.4, -0.2) is 31.5 Å². The normalized spacial score (nSPS) is 10.9. The SMILES string of the molecule is Cc1c(CCNc2ncnc3nccnc23)ccc(Oc2cncc(Cl)c2N)c1C. The number of nitrogen functional groups attached to an aromatic ring is 1. The third-order valence-electron chi connectivity index (χ3n) is 4.93. The predicted octanol–water partition coefficient (Wildman–Crippen LogP) is 4.11. The first-order valence-electron chi connectivity index (χ1n) is 9.36. The van der Waals surface area contributed by atoms with Crippen LogP contribution in [0, 0.1) is 13.8 Å². The third-order valence-corrected chi connectivity index (χ3v) is 5.23. The Kier molecular flexibility index (Phi) is 5.58. The summed E-state index contributed by atoms with van der Waals surface area (Å²) in [7, 11) is 0. The van der Waals surface area contributed by atoms with E-state index in [1.54, 1.807) is 18.6 Å². The molecule has 152 valence electrons. The number of nitrogens with two attached hydrogens (primary N) is 1. The van der Waals surface area contributed by atoms with Gasteiger partial charge in [-0.1, -0.05) is 17.7 Å². The second-order valence-electron chi connectivity index (χ2n) is 6.74. The molecule has 9 heteroatoms. The first kappa shape index (κ1) is 19.8. The highest BCUT2D eigenvalue weighted by Crippen LogP contribution is 2.34. The highest BCUT2D eigenvalue weighted by Gasteiger charge is 2.12. The molecule has 3 heterocycles. The van der Waals surface area contributed by atoms with Gasteiger partial charge in [0.25, 0.3) is 0 Å². The molecule has 0 bridgehead atoms. The minimum absolute atomic E-state index is 0.367. The number of pyridine rings is 1. The first-order valence-corrected chi connectivity index (χ1v) is 9.74. The molecule has 8 nitrogen and oxygen atoms in total. The fourth-order valence-corrected chi connectivity index (χ4v) is 3.25. The Labute approximate surface area is 178 Å². The molecule has 3 aromatic heterocycles. The number of rotatable bonds is 6. The van der Waals surface area contributed by atoms with E-state index in [9.17, 15) is 0 Å². The van der Waals surface area contributed by atoms with Gasteiger partial charge in [0.2, 0.25) is 0 Å². The molecule has 0 amide bonds. The van der Waals surface area contributed by atoms with Crippen LogP contribution in [0.1, 0.15) is 16.7 Å². The minimum Gasteiger partial charge on any atom is -0.453 e. The Morgan fingerprint density at radius 3 is 2.70 bits per heavy atom. The number of hydrogen-bond donors (Lipinski definition) is 2. The molecule has 0 fully saturated rings. The topological polar surface area (TPSA) is 112 Å². The summed E-state index contributed by atoms with van der Waals surface area (Å²) in [6.45, 7) is 4.78. The van der Waals surface area contributed by atoms with E-state index in [0.29, 0.717) is 40.0 Å². The van der Waals surface area contributed by atoms with Crippen LogP contribution in [-0.2, 0) is 6.42 Å². The fraction of sp³-hybridized carbons (Fsp3) is 0.190. The molecule has 0 unspecified atom stereocenters. The molecule has 0 aliphatic heterocycles. The number of hydrogen-bond acceptors (Lipinski definition) is 8. The van der Waals surface area contributed by atoms with Crippen molar-refractivity contribution in [2.24, 2.45) is 0 Å². The van der Waals surface area contributed by atoms with E-state index >= 15 is 0 Å². The lowest BCUT2D eigenvalue weighted by atomic mass is 10.00. The Morgan fingerprint density at radius 1 is 1.00 bits per heavy atom. The number of aromatic nitrogens is 5. The summed E-state index contributed by atoms with van der Waals surface area (Å²) >= 11 is 6.03. The average molecular weight is 422 g/mol. The van der Waals surface area contributed by atoms with Crippen molar-refractivity contribution in [3.63, 3.8) is 0 Å². The highest BCUT2D eigenvalue weighted by atomic mass is 35.5. The van der Waals surface area contributed by atoms with E-state index in [4.69, 9.17) is 22.1 Å². The zero-order valence-electron chi connectivity index (χ0n) is 16.6. The van der Waals surface area contributed by atoms with Crippen molar-refractivity contribution in [1.82, 2.24) is 24.9 Å². The quantitative estimate of drug-likeness (QED) is 0.478. The largest absolute Gasteiger partial charge is 0.453 e. The monoisotopic (exact) mass is 421 g/mol. The standard InChI is InChI=1S/C21H20ClN7O/c1-12-13(2)16(30-17-10-24-9-15(22)18(17)23)4-3-14(12)5-6-26-20-19-21(29-11-28-20)27-8-7-25-19/h3-4,7-11H,5-6H2,1-2H3,(H2,23,24)(H,26,27,28,29). The van der Waals surface area contributed by atoms with Gasteiger partial charge in [0.1, 0.15) is 17.6 Å². The summed E-state index contributed by atoms with van der Waals surface area (Å²) in [5, 5.41) is 3.69. The highest BCUT2D eigenvalue weighted by molar-refractivity contribution is 6.33. The van der Waals surface area contributed by atoms with Crippen LogP contribution in [0.3, 0.4) is 0 Å². The summed E-state index contributed by atoms with van der Waals surface area (Å²) < 4.78 is 5.96. The van der Waals surface area contributed by atoms with Crippen LogP contribution < -0.4 is 15.8 Å². The number of fused-ring (bicyclic) bond motifs is 1. The molecule has 30 heavy (non-hydrogen) atoms. The van der Waals surface area contributed by atoms with Gasteiger partial charge >= 0.3 is 0 Å². The van der Waals surface area contributed by atoms with Crippen molar-refractivity contribution in [3.8, 4) is 11.5 Å². The number of ether oxygens (including phenoxy) is 1. The number of anilines is 2. The van der Waals surface area contributed by atoms with E-state index in [1.165, 1.54) is 18.1 Å². The van der Waals surface area contributed by atoms with Gasteiger partial charge in [-0.25, -0.2) is 19.9 Å². The molecular weight excluding hydrogens is 402 g/mol. The molecule has 0 atom stereocenters. The molecule has 0 aliphatic carbocycles. The van der Waals surface area contributed by atoms with Crippen LogP contribution in [0.2, 0.25) is 5.02 Å². The molecule has 0 radical (unpaired) electrons. The van der Waals surface area contributed by atoms with E-state index < -0.39 is 0 Å². The Morgan fingerprint density at radius 2 is 1.83 bits per heavy atom. The average Bonchev–Trinajstić information content (AvgIpc) is 2.76. The van der Waals surface area contributed by atoms with Gasteiger partial charge in [0.15, 0.2) is 17.2 Å². The second-order valence-corrected chi connectivity index (χ2v) is 7.14. The summed E-state index contributed by atoms with van der Waals surface area (Å²) in [6.07, 6.45) is 8.58. The van der Waals surface area contributed by atoms with Crippen molar-refractivity contribution in [1.29, 1.82) is 0 Å². The van der Waals surface area contributed by atoms with Crippen LogP contribution in [0.15, 0.2) is 43.2 Å². The number of halogens is 1. The summed E-state index contributed by atoms with van der Waals surface area (Å²) in [4.78, 5) is 21.0. The summed E-state index contributed by atoms with van der Waals surface area (Å²) in [5.74, 6) is 1.83. The van der Waals surface area contributed by atoms with Crippen molar-refractivity contribution >= 4 is 34.3 Å². The van der Waals surface area contributed by atoms with Gasteiger partial charge in [0.05, 0.1) is 16.9 Å². The van der Waals surface area contributed by atoms with E-state index in [0.717, 1.165) is 23.3 Å². The summed E-state index contributed by atoms with van der Waals surface area (Å²) in [5.41, 5.74) is 11.0. The fourth-order valence-electron chi connectivity index (χ4n) is 3.10. The van der Waals surface area contributed by atoms with Gasteiger partial charge in [-0.2, -0.15) is 0 Å². The maximum absolute atomic E-state index is 6.03. The van der Waals surface area contributed by atoms with Gasteiger partial charge in [-0.3, -0.25) is 4.98 Å². The molecule has 0 spiro atoms. The zero-order valence-corrected chi connectivity index (χ0v) is 17.3. The Bertz CT molecular complexity index is 1210. The molecule has 1 aromatic carbocycles. The predicted molar refractivity (Wildman–Crippen MR) is 117 cm³/mol. The maximum Gasteiger partial charge on any atom is 0.183 e. The lowest BCUT2D eigenvalue weighted by Crippen LogP contribution is -2.09. The van der Waals surface area contributed by atoms with E-state index in [-0.39, 0.29) is 0 Å². The summed E-state index contributed by atoms with van der Waals surface area (Å²) in [6, 6.07) is 3.98. The van der Waals surface area contributed by atoms with Crippen molar-refractivity contribution in [3.05, 3.63) is 65.0 Å². The molecule has 0 saturated carbocycles. The Balaban J connectivity index is 1.48. The van der Waals surface area contributed by atoms with Crippen LogP contribution in [0.25, 0.3) is 11.2 Å². The molecular formula is C21H20ClN7O. The van der Waals surface area contributed by atoms with E-state index in [2.05, 4.69) is 37.2 Å². The third kappa shape index (κ3) is 3.95. The van der Waals surface area contributed by atoms with Gasteiger partial charge in [-0.05, 0) is 43.0 Å². The maximum atomic E-state index is 6.03. The van der Waals surface area contributed by atoms with Gasteiger partial charge in [-0.15, -0.1) is 0 Å². The zero-order chi connectivity index (χ0) is 21.1. The van der Waals surface area contributed by atoms with Crippen molar-refractivity contribution in [2.75, 3.05) is 17.6 Å².